The van der Waals surface area contributed by atoms with Gasteiger partial charge in [0.25, 0.3) is 0 Å². The highest BCUT2D eigenvalue weighted by Crippen LogP contribution is 2.23. The van der Waals surface area contributed by atoms with Crippen molar-refractivity contribution >= 4 is 16.7 Å². The third-order valence-electron chi connectivity index (χ3n) is 2.16. The topological polar surface area (TPSA) is 12.9 Å². The van der Waals surface area contributed by atoms with E-state index in [1.54, 1.807) is 19.2 Å². The third-order valence-corrected chi connectivity index (χ3v) is 2.16. The van der Waals surface area contributed by atoms with Crippen LogP contribution >= 0.6 is 0 Å². The summed E-state index contributed by atoms with van der Waals surface area (Å²) in [4.78, 5) is 4.16. The molecule has 1 heterocycles. The van der Waals surface area contributed by atoms with Gasteiger partial charge in [-0.3, -0.25) is 4.98 Å². The van der Waals surface area contributed by atoms with Crippen LogP contribution in [0, 0.1) is 0 Å². The summed E-state index contributed by atoms with van der Waals surface area (Å²) in [6.45, 7) is 1.69. The van der Waals surface area contributed by atoms with Crippen molar-refractivity contribution in [2.45, 2.75) is 6.92 Å². The van der Waals surface area contributed by atoms with E-state index in [0.29, 0.717) is 5.56 Å². The second-order valence-corrected chi connectivity index (χ2v) is 3.01. The number of pyridine rings is 1. The molecule has 1 aromatic heterocycles. The van der Waals surface area contributed by atoms with Crippen LogP contribution in [0.25, 0.3) is 16.7 Å². The molecule has 2 aromatic rings. The van der Waals surface area contributed by atoms with Crippen LogP contribution < -0.4 is 0 Å². The van der Waals surface area contributed by atoms with Crippen molar-refractivity contribution in [3.63, 3.8) is 0 Å². The van der Waals surface area contributed by atoms with Crippen molar-refractivity contribution in [3.8, 4) is 0 Å². The summed E-state index contributed by atoms with van der Waals surface area (Å²) in [5.41, 5.74) is 1.43. The lowest BCUT2D eigenvalue weighted by Crippen LogP contribution is -1.84. The molecule has 0 radical (unpaired) electrons. The Morgan fingerprint density at radius 1 is 1.29 bits per heavy atom. The molecule has 0 bridgehead atoms. The Labute approximate surface area is 81.9 Å². The van der Waals surface area contributed by atoms with E-state index >= 15 is 0 Å². The Morgan fingerprint density at radius 2 is 2.07 bits per heavy atom. The largest absolute Gasteiger partial charge is 0.256 e. The summed E-state index contributed by atoms with van der Waals surface area (Å²) in [5.74, 6) is -0.205. The highest BCUT2D eigenvalue weighted by molar-refractivity contribution is 5.89. The van der Waals surface area contributed by atoms with Crippen LogP contribution in [-0.4, -0.2) is 4.98 Å². The minimum absolute atomic E-state index is 0.205. The standard InChI is InChI=1S/C12H10FN/c1-2-11(13)9-7-8-14-12-6-4-3-5-10(9)12/h2-8H,1H3/b11-2-. The van der Waals surface area contributed by atoms with Crippen molar-refractivity contribution in [2.24, 2.45) is 0 Å². The summed E-state index contributed by atoms with van der Waals surface area (Å²) >= 11 is 0. The molecule has 0 saturated carbocycles. The SMILES string of the molecule is C/C=C(\F)c1ccnc2ccccc12. The molecular formula is C12H10FN. The fraction of sp³-hybridized carbons (Fsp3) is 0.0833. The number of aromatic nitrogens is 1. The number of hydrogen-bond acceptors (Lipinski definition) is 1. The predicted octanol–water partition coefficient (Wildman–Crippen LogP) is 3.57. The van der Waals surface area contributed by atoms with Crippen LogP contribution in [-0.2, 0) is 0 Å². The number of rotatable bonds is 1. The van der Waals surface area contributed by atoms with Crippen molar-refractivity contribution in [1.82, 2.24) is 4.98 Å². The first-order valence-electron chi connectivity index (χ1n) is 4.49. The third kappa shape index (κ3) is 1.39. The van der Waals surface area contributed by atoms with Gasteiger partial charge >= 0.3 is 0 Å². The highest BCUT2D eigenvalue weighted by Gasteiger charge is 2.04. The van der Waals surface area contributed by atoms with Gasteiger partial charge < -0.3 is 0 Å². The van der Waals surface area contributed by atoms with E-state index < -0.39 is 0 Å². The second-order valence-electron chi connectivity index (χ2n) is 3.01. The molecule has 0 fully saturated rings. The summed E-state index contributed by atoms with van der Waals surface area (Å²) in [6.07, 6.45) is 3.09. The second kappa shape index (κ2) is 3.58. The number of hydrogen-bond donors (Lipinski definition) is 0. The monoisotopic (exact) mass is 187 g/mol. The number of nitrogens with zero attached hydrogens (tertiary/aromatic N) is 1. The zero-order valence-corrected chi connectivity index (χ0v) is 7.87. The average molecular weight is 187 g/mol. The lowest BCUT2D eigenvalue weighted by atomic mass is 10.1. The molecule has 2 rings (SSSR count). The van der Waals surface area contributed by atoms with E-state index in [2.05, 4.69) is 4.98 Å². The first-order valence-corrected chi connectivity index (χ1v) is 4.49. The van der Waals surface area contributed by atoms with Gasteiger partial charge in [-0.2, -0.15) is 0 Å². The molecule has 70 valence electrons. The van der Waals surface area contributed by atoms with Crippen LogP contribution in [0.1, 0.15) is 12.5 Å². The Kier molecular flexibility index (Phi) is 2.27. The van der Waals surface area contributed by atoms with Crippen molar-refractivity contribution < 1.29 is 4.39 Å². The molecule has 0 aliphatic heterocycles. The lowest BCUT2D eigenvalue weighted by molar-refractivity contribution is 0.760. The van der Waals surface area contributed by atoms with E-state index in [1.165, 1.54) is 6.08 Å². The average Bonchev–Trinajstić information content (AvgIpc) is 2.27. The zero-order valence-electron chi connectivity index (χ0n) is 7.87. The van der Waals surface area contributed by atoms with Gasteiger partial charge in [0.2, 0.25) is 0 Å². The smallest absolute Gasteiger partial charge is 0.126 e. The van der Waals surface area contributed by atoms with Crippen LogP contribution in [0.4, 0.5) is 4.39 Å². The molecule has 0 aliphatic carbocycles. The Balaban J connectivity index is 2.77. The zero-order chi connectivity index (χ0) is 9.97. The first kappa shape index (κ1) is 8.88. The molecule has 0 atom stereocenters. The number of benzene rings is 1. The van der Waals surface area contributed by atoms with Crippen LogP contribution in [0.15, 0.2) is 42.6 Å². The molecule has 0 N–H and O–H groups in total. The van der Waals surface area contributed by atoms with E-state index in [1.807, 2.05) is 24.3 Å². The van der Waals surface area contributed by atoms with Gasteiger partial charge in [0.15, 0.2) is 0 Å². The molecule has 0 spiro atoms. The molecule has 0 amide bonds. The summed E-state index contributed by atoms with van der Waals surface area (Å²) < 4.78 is 13.4. The minimum Gasteiger partial charge on any atom is -0.256 e. The highest BCUT2D eigenvalue weighted by atomic mass is 19.1. The molecule has 1 nitrogen and oxygen atoms in total. The normalized spacial score (nSPS) is 12.0. The van der Waals surface area contributed by atoms with Crippen molar-refractivity contribution in [3.05, 3.63) is 48.2 Å². The quantitative estimate of drug-likeness (QED) is 0.665. The van der Waals surface area contributed by atoms with Gasteiger partial charge in [-0.15, -0.1) is 0 Å². The fourth-order valence-corrected chi connectivity index (χ4v) is 1.46. The summed E-state index contributed by atoms with van der Waals surface area (Å²) in [6, 6.07) is 9.23. The Bertz CT molecular complexity index is 483. The molecule has 2 heteroatoms. The van der Waals surface area contributed by atoms with Crippen LogP contribution in [0.2, 0.25) is 0 Å². The van der Waals surface area contributed by atoms with E-state index in [9.17, 15) is 4.39 Å². The van der Waals surface area contributed by atoms with Gasteiger partial charge in [0.1, 0.15) is 5.83 Å². The fourth-order valence-electron chi connectivity index (χ4n) is 1.46. The Hall–Kier alpha value is -1.70. The number of fused-ring (bicyclic) bond motifs is 1. The molecular weight excluding hydrogens is 177 g/mol. The maximum atomic E-state index is 13.4. The maximum absolute atomic E-state index is 13.4. The van der Waals surface area contributed by atoms with Crippen molar-refractivity contribution in [1.29, 1.82) is 0 Å². The molecule has 0 unspecified atom stereocenters. The van der Waals surface area contributed by atoms with Gasteiger partial charge in [0.05, 0.1) is 5.52 Å². The number of allylic oxidation sites excluding steroid dienone is 1. The summed E-state index contributed by atoms with van der Waals surface area (Å²) in [5, 5.41) is 0.852. The minimum atomic E-state index is -0.205. The van der Waals surface area contributed by atoms with Crippen LogP contribution in [0.5, 0.6) is 0 Å². The van der Waals surface area contributed by atoms with Gasteiger partial charge in [0, 0.05) is 17.1 Å². The van der Waals surface area contributed by atoms with Crippen LogP contribution in [0.3, 0.4) is 0 Å². The van der Waals surface area contributed by atoms with Gasteiger partial charge in [-0.1, -0.05) is 24.3 Å². The first-order chi connectivity index (χ1) is 6.83. The number of para-hydroxylation sites is 1. The number of halogens is 1. The molecule has 1 aromatic carbocycles. The van der Waals surface area contributed by atoms with E-state index in [-0.39, 0.29) is 5.83 Å². The van der Waals surface area contributed by atoms with E-state index in [0.717, 1.165) is 10.9 Å². The summed E-state index contributed by atoms with van der Waals surface area (Å²) in [7, 11) is 0. The Morgan fingerprint density at radius 3 is 2.86 bits per heavy atom. The lowest BCUT2D eigenvalue weighted by Gasteiger charge is -2.02. The van der Waals surface area contributed by atoms with Gasteiger partial charge in [-0.25, -0.2) is 4.39 Å². The molecule has 0 saturated heterocycles. The predicted molar refractivity (Wildman–Crippen MR) is 56.5 cm³/mol. The van der Waals surface area contributed by atoms with E-state index in [4.69, 9.17) is 0 Å². The maximum Gasteiger partial charge on any atom is 0.126 e. The molecule has 14 heavy (non-hydrogen) atoms. The van der Waals surface area contributed by atoms with Crippen molar-refractivity contribution in [2.75, 3.05) is 0 Å². The van der Waals surface area contributed by atoms with Gasteiger partial charge in [-0.05, 0) is 19.1 Å². The molecule has 0 aliphatic rings.